The predicted molar refractivity (Wildman–Crippen MR) is 45.8 cm³/mol. The van der Waals surface area contributed by atoms with Gasteiger partial charge in [-0.3, -0.25) is 0 Å². The van der Waals surface area contributed by atoms with E-state index in [0.717, 1.165) is 0 Å². The highest BCUT2D eigenvalue weighted by Gasteiger charge is 1.93. The van der Waals surface area contributed by atoms with E-state index in [2.05, 4.69) is 13.8 Å². The second-order valence-corrected chi connectivity index (χ2v) is 3.46. The van der Waals surface area contributed by atoms with Crippen molar-refractivity contribution in [2.45, 2.75) is 51.2 Å². The Morgan fingerprint density at radius 1 is 1.22 bits per heavy atom. The molecule has 1 heteroatoms. The monoisotopic (exact) mass is 145 g/mol. The summed E-state index contributed by atoms with van der Waals surface area (Å²) in [6, 6.07) is 0. The van der Waals surface area contributed by atoms with Gasteiger partial charge in [0.15, 0.2) is 0 Å². The van der Waals surface area contributed by atoms with Crippen LogP contribution in [0.15, 0.2) is 0 Å². The van der Waals surface area contributed by atoms with Gasteiger partial charge in [-0.25, -0.2) is 0 Å². The lowest BCUT2D eigenvalue weighted by atomic mass is 10.1. The normalized spacial score (nSPS) is 13.7. The van der Waals surface area contributed by atoms with Gasteiger partial charge in [-0.1, -0.05) is 52.2 Å². The lowest BCUT2D eigenvalue weighted by Crippen LogP contribution is -1.89. The Labute approximate surface area is 64.4 Å². The molecule has 0 aliphatic carbocycles. The Balaban J connectivity index is 2.75. The van der Waals surface area contributed by atoms with Crippen LogP contribution >= 0.6 is 12.6 Å². The summed E-state index contributed by atoms with van der Waals surface area (Å²) >= 11 is 5.03. The molecule has 0 aliphatic heterocycles. The molecule has 1 radical (unpaired) electrons. The third-order valence-corrected chi connectivity index (χ3v) is 1.70. The molecule has 0 saturated carbocycles. The second-order valence-electron chi connectivity index (χ2n) is 2.66. The van der Waals surface area contributed by atoms with E-state index in [1.54, 1.807) is 0 Å². The van der Waals surface area contributed by atoms with E-state index in [1.807, 2.05) is 0 Å². The largest absolute Gasteiger partial charge is 0.0907 e. The number of unbranched alkanes of at least 4 members (excludes halogenated alkanes) is 3. The molecule has 0 amide bonds. The van der Waals surface area contributed by atoms with E-state index in [1.165, 1.54) is 32.1 Å². The van der Waals surface area contributed by atoms with Crippen LogP contribution in [-0.2, 0) is 0 Å². The molecule has 55 valence electrons. The van der Waals surface area contributed by atoms with Crippen LogP contribution in [0.3, 0.4) is 0 Å². The number of hydrogen-bond donors (Lipinski definition) is 0. The molecule has 0 rings (SSSR count). The van der Waals surface area contributed by atoms with Crippen LogP contribution in [0, 0.1) is 0 Å². The molecule has 0 saturated heterocycles. The Kier molecular flexibility index (Phi) is 6.72. The van der Waals surface area contributed by atoms with Crippen LogP contribution in [0.4, 0.5) is 0 Å². The van der Waals surface area contributed by atoms with Crippen LogP contribution in [0.1, 0.15) is 46.0 Å². The first-order valence-electron chi connectivity index (χ1n) is 3.93. The first kappa shape index (κ1) is 9.35. The minimum absolute atomic E-state index is 0.488. The highest BCUT2D eigenvalue weighted by atomic mass is 32.1. The van der Waals surface area contributed by atoms with E-state index in [0.29, 0.717) is 5.25 Å². The van der Waals surface area contributed by atoms with Crippen molar-refractivity contribution < 1.29 is 0 Å². The summed E-state index contributed by atoms with van der Waals surface area (Å²) in [5.74, 6) is 0. The highest BCUT2D eigenvalue weighted by Crippen LogP contribution is 2.08. The third kappa shape index (κ3) is 8.35. The quantitative estimate of drug-likeness (QED) is 0.519. The minimum Gasteiger partial charge on any atom is -0.0907 e. The fourth-order valence-electron chi connectivity index (χ4n) is 0.859. The summed E-state index contributed by atoms with van der Waals surface area (Å²) in [7, 11) is 0. The second kappa shape index (κ2) is 6.47. The van der Waals surface area contributed by atoms with Crippen molar-refractivity contribution >= 4 is 12.6 Å². The van der Waals surface area contributed by atoms with Crippen LogP contribution in [0.5, 0.6) is 0 Å². The summed E-state index contributed by atoms with van der Waals surface area (Å²) in [5, 5.41) is 0.488. The molecule has 0 N–H and O–H groups in total. The summed E-state index contributed by atoms with van der Waals surface area (Å²) < 4.78 is 0. The molecular formula is C8H17S. The van der Waals surface area contributed by atoms with Gasteiger partial charge in [0.25, 0.3) is 0 Å². The molecule has 1 unspecified atom stereocenters. The molecule has 0 aliphatic rings. The molecule has 0 bridgehead atoms. The van der Waals surface area contributed by atoms with Gasteiger partial charge in [-0.05, 0) is 6.42 Å². The summed E-state index contributed by atoms with van der Waals surface area (Å²) in [5.41, 5.74) is 0. The van der Waals surface area contributed by atoms with Gasteiger partial charge in [0.05, 0.1) is 0 Å². The highest BCUT2D eigenvalue weighted by molar-refractivity contribution is 7.80. The van der Waals surface area contributed by atoms with Crippen molar-refractivity contribution in [3.05, 3.63) is 0 Å². The van der Waals surface area contributed by atoms with E-state index < -0.39 is 0 Å². The molecule has 1 atom stereocenters. The van der Waals surface area contributed by atoms with E-state index in [4.69, 9.17) is 12.6 Å². The zero-order valence-electron chi connectivity index (χ0n) is 6.52. The van der Waals surface area contributed by atoms with Gasteiger partial charge < -0.3 is 0 Å². The standard InChI is InChI=1S/C8H17S/c1-3-4-5-6-7-8(2)9/h8H,3-7H2,1-2H3. The maximum absolute atomic E-state index is 5.03. The van der Waals surface area contributed by atoms with Gasteiger partial charge >= 0.3 is 0 Å². The van der Waals surface area contributed by atoms with Crippen LogP contribution in [0.25, 0.3) is 0 Å². The predicted octanol–water partition coefficient (Wildman–Crippen LogP) is 3.54. The fourth-order valence-corrected chi connectivity index (χ4v) is 1.03. The maximum atomic E-state index is 5.03. The average molecular weight is 145 g/mol. The average Bonchev–Trinajstić information content (AvgIpc) is 1.80. The Morgan fingerprint density at radius 3 is 2.33 bits per heavy atom. The zero-order chi connectivity index (χ0) is 7.11. The van der Waals surface area contributed by atoms with Gasteiger partial charge in [0, 0.05) is 5.25 Å². The van der Waals surface area contributed by atoms with Crippen molar-refractivity contribution in [3.63, 3.8) is 0 Å². The first-order valence-corrected chi connectivity index (χ1v) is 4.40. The molecule has 0 aromatic carbocycles. The van der Waals surface area contributed by atoms with Gasteiger partial charge in [-0.15, -0.1) is 0 Å². The van der Waals surface area contributed by atoms with Gasteiger partial charge in [0.2, 0.25) is 0 Å². The molecule has 0 nitrogen and oxygen atoms in total. The van der Waals surface area contributed by atoms with E-state index in [9.17, 15) is 0 Å². The van der Waals surface area contributed by atoms with Crippen LogP contribution in [0.2, 0.25) is 0 Å². The first-order chi connectivity index (χ1) is 4.27. The molecule has 9 heavy (non-hydrogen) atoms. The smallest absolute Gasteiger partial charge is 0.0123 e. The molecule has 0 fully saturated rings. The lowest BCUT2D eigenvalue weighted by molar-refractivity contribution is 0.632. The van der Waals surface area contributed by atoms with E-state index >= 15 is 0 Å². The SMILES string of the molecule is CCCCCCC(C)[S]. The molecular weight excluding hydrogens is 128 g/mol. The van der Waals surface area contributed by atoms with Crippen LogP contribution in [-0.4, -0.2) is 5.25 Å². The van der Waals surface area contributed by atoms with Crippen molar-refractivity contribution in [1.29, 1.82) is 0 Å². The number of hydrogen-bond acceptors (Lipinski definition) is 0. The van der Waals surface area contributed by atoms with Gasteiger partial charge in [-0.2, -0.15) is 0 Å². The Bertz CT molecular complexity index is 50.5. The van der Waals surface area contributed by atoms with Crippen molar-refractivity contribution in [2.75, 3.05) is 0 Å². The summed E-state index contributed by atoms with van der Waals surface area (Å²) in [6.45, 7) is 4.35. The van der Waals surface area contributed by atoms with Crippen molar-refractivity contribution in [3.8, 4) is 0 Å². The maximum Gasteiger partial charge on any atom is 0.0123 e. The Morgan fingerprint density at radius 2 is 1.89 bits per heavy atom. The minimum atomic E-state index is 0.488. The van der Waals surface area contributed by atoms with Crippen molar-refractivity contribution in [1.82, 2.24) is 0 Å². The van der Waals surface area contributed by atoms with Gasteiger partial charge in [0.1, 0.15) is 0 Å². The van der Waals surface area contributed by atoms with Crippen molar-refractivity contribution in [2.24, 2.45) is 0 Å². The molecule has 0 aromatic heterocycles. The summed E-state index contributed by atoms with van der Waals surface area (Å²) in [4.78, 5) is 0. The Hall–Kier alpha value is 0.350. The summed E-state index contributed by atoms with van der Waals surface area (Å²) in [6.07, 6.45) is 6.64. The lowest BCUT2D eigenvalue weighted by Gasteiger charge is -2.00. The number of rotatable bonds is 5. The fraction of sp³-hybridized carbons (Fsp3) is 1.00. The molecule has 0 spiro atoms. The third-order valence-electron chi connectivity index (χ3n) is 1.46. The topological polar surface area (TPSA) is 0 Å². The zero-order valence-corrected chi connectivity index (χ0v) is 7.34. The van der Waals surface area contributed by atoms with E-state index in [-0.39, 0.29) is 0 Å². The van der Waals surface area contributed by atoms with Crippen LogP contribution < -0.4 is 0 Å². The molecule has 0 aromatic rings. The molecule has 0 heterocycles.